The third-order valence-corrected chi connectivity index (χ3v) is 4.83. The van der Waals surface area contributed by atoms with Crippen molar-refractivity contribution < 1.29 is 18.0 Å². The Kier molecular flexibility index (Phi) is 6.07. The first-order chi connectivity index (χ1) is 10.2. The summed E-state index contributed by atoms with van der Waals surface area (Å²) in [5.41, 5.74) is 0.973. The topological polar surface area (TPSA) is 95.6 Å². The zero-order chi connectivity index (χ0) is 16.9. The summed E-state index contributed by atoms with van der Waals surface area (Å²) in [5, 5.41) is 5.20. The van der Waals surface area contributed by atoms with Crippen molar-refractivity contribution in [1.29, 1.82) is 0 Å². The highest BCUT2D eigenvalue weighted by molar-refractivity contribution is 7.89. The van der Waals surface area contributed by atoms with E-state index in [-0.39, 0.29) is 23.3 Å². The van der Waals surface area contributed by atoms with Gasteiger partial charge in [-0.25, -0.2) is 12.7 Å². The third-order valence-electron chi connectivity index (χ3n) is 3.02. The Balaban J connectivity index is 2.91. The van der Waals surface area contributed by atoms with E-state index in [9.17, 15) is 18.0 Å². The van der Waals surface area contributed by atoms with Gasteiger partial charge < -0.3 is 10.6 Å². The van der Waals surface area contributed by atoms with E-state index in [2.05, 4.69) is 10.6 Å². The van der Waals surface area contributed by atoms with Gasteiger partial charge in [0.05, 0.1) is 4.90 Å². The van der Waals surface area contributed by atoms with E-state index in [4.69, 9.17) is 0 Å². The van der Waals surface area contributed by atoms with Crippen molar-refractivity contribution >= 4 is 21.8 Å². The second-order valence-corrected chi connectivity index (χ2v) is 7.15. The van der Waals surface area contributed by atoms with Crippen LogP contribution in [0.25, 0.3) is 0 Å². The third kappa shape index (κ3) is 4.54. The van der Waals surface area contributed by atoms with Gasteiger partial charge in [-0.1, -0.05) is 6.07 Å². The summed E-state index contributed by atoms with van der Waals surface area (Å²) in [7, 11) is -0.724. The second kappa shape index (κ2) is 7.37. The molecule has 8 heteroatoms. The fraction of sp³-hybridized carbons (Fsp3) is 0.429. The Labute approximate surface area is 130 Å². The zero-order valence-electron chi connectivity index (χ0n) is 13.1. The van der Waals surface area contributed by atoms with Gasteiger partial charge in [0, 0.05) is 39.7 Å². The van der Waals surface area contributed by atoms with Gasteiger partial charge in [-0.15, -0.1) is 0 Å². The molecule has 1 aromatic carbocycles. The molecule has 0 heterocycles. The zero-order valence-corrected chi connectivity index (χ0v) is 14.0. The lowest BCUT2D eigenvalue weighted by molar-refractivity contribution is -0.118. The number of hydrogen-bond donors (Lipinski definition) is 2. The van der Waals surface area contributed by atoms with Gasteiger partial charge in [-0.05, 0) is 24.6 Å². The van der Waals surface area contributed by atoms with E-state index in [1.807, 2.05) is 0 Å². The van der Waals surface area contributed by atoms with E-state index in [1.54, 1.807) is 13.0 Å². The Morgan fingerprint density at radius 2 is 1.73 bits per heavy atom. The molecule has 0 aliphatic heterocycles. The van der Waals surface area contributed by atoms with Crippen LogP contribution in [0.2, 0.25) is 0 Å². The maximum Gasteiger partial charge on any atom is 0.251 e. The minimum absolute atomic E-state index is 0.0649. The molecule has 0 aliphatic carbocycles. The van der Waals surface area contributed by atoms with Crippen molar-refractivity contribution in [2.75, 3.05) is 27.2 Å². The molecular weight excluding hydrogens is 306 g/mol. The molecule has 1 rings (SSSR count). The lowest BCUT2D eigenvalue weighted by Crippen LogP contribution is -2.34. The molecule has 0 spiro atoms. The number of amides is 2. The summed E-state index contributed by atoms with van der Waals surface area (Å²) >= 11 is 0. The molecule has 1 aromatic rings. The van der Waals surface area contributed by atoms with Crippen LogP contribution in [0.4, 0.5) is 0 Å². The normalized spacial score (nSPS) is 11.3. The highest BCUT2D eigenvalue weighted by Crippen LogP contribution is 2.18. The Bertz CT molecular complexity index is 669. The van der Waals surface area contributed by atoms with E-state index >= 15 is 0 Å². The quantitative estimate of drug-likeness (QED) is 0.725. The smallest absolute Gasteiger partial charge is 0.251 e. The summed E-state index contributed by atoms with van der Waals surface area (Å²) in [5.74, 6) is -0.553. The molecule has 2 N–H and O–H groups in total. The van der Waals surface area contributed by atoms with Crippen LogP contribution in [0.3, 0.4) is 0 Å². The van der Waals surface area contributed by atoms with Crippen molar-refractivity contribution in [3.05, 3.63) is 29.3 Å². The van der Waals surface area contributed by atoms with Crippen LogP contribution in [0.1, 0.15) is 22.8 Å². The van der Waals surface area contributed by atoms with E-state index in [0.29, 0.717) is 17.7 Å². The summed E-state index contributed by atoms with van der Waals surface area (Å²) in [4.78, 5) is 22.9. The number of sulfonamides is 1. The maximum atomic E-state index is 12.1. The predicted molar refractivity (Wildman–Crippen MR) is 83.1 cm³/mol. The highest BCUT2D eigenvalue weighted by atomic mass is 32.2. The molecule has 0 saturated carbocycles. The van der Waals surface area contributed by atoms with Crippen molar-refractivity contribution in [3.63, 3.8) is 0 Å². The first kappa shape index (κ1) is 18.1. The molecule has 0 atom stereocenters. The van der Waals surface area contributed by atoms with E-state index < -0.39 is 10.0 Å². The summed E-state index contributed by atoms with van der Waals surface area (Å²) in [6, 6.07) is 4.43. The lowest BCUT2D eigenvalue weighted by Gasteiger charge is -2.14. The van der Waals surface area contributed by atoms with Crippen molar-refractivity contribution in [2.24, 2.45) is 0 Å². The molecule has 2 amide bonds. The number of carbonyl (C=O) groups is 2. The number of nitrogens with zero attached hydrogens (tertiary/aromatic N) is 1. The van der Waals surface area contributed by atoms with Crippen LogP contribution in [0.5, 0.6) is 0 Å². The van der Waals surface area contributed by atoms with E-state index in [0.717, 1.165) is 4.31 Å². The van der Waals surface area contributed by atoms with Crippen LogP contribution in [-0.2, 0) is 14.8 Å². The molecule has 0 unspecified atom stereocenters. The minimum atomic E-state index is -3.59. The van der Waals surface area contributed by atoms with Crippen LogP contribution < -0.4 is 10.6 Å². The summed E-state index contributed by atoms with van der Waals surface area (Å²) in [6.07, 6.45) is 0. The van der Waals surface area contributed by atoms with Crippen LogP contribution in [0, 0.1) is 6.92 Å². The Hall–Kier alpha value is -1.93. The first-order valence-electron chi connectivity index (χ1n) is 6.72. The molecule has 0 saturated heterocycles. The van der Waals surface area contributed by atoms with Gasteiger partial charge in [0.2, 0.25) is 15.9 Å². The average molecular weight is 327 g/mol. The van der Waals surface area contributed by atoms with Crippen molar-refractivity contribution in [2.45, 2.75) is 18.7 Å². The summed E-state index contributed by atoms with van der Waals surface area (Å²) < 4.78 is 25.3. The van der Waals surface area contributed by atoms with Crippen molar-refractivity contribution in [1.82, 2.24) is 14.9 Å². The van der Waals surface area contributed by atoms with E-state index in [1.165, 1.54) is 33.2 Å². The Morgan fingerprint density at radius 3 is 2.27 bits per heavy atom. The van der Waals surface area contributed by atoms with Gasteiger partial charge >= 0.3 is 0 Å². The molecule has 22 heavy (non-hydrogen) atoms. The number of rotatable bonds is 6. The lowest BCUT2D eigenvalue weighted by atomic mass is 10.1. The largest absolute Gasteiger partial charge is 0.355 e. The first-order valence-corrected chi connectivity index (χ1v) is 8.16. The van der Waals surface area contributed by atoms with Gasteiger partial charge in [0.25, 0.3) is 5.91 Å². The molecule has 122 valence electrons. The molecule has 0 bridgehead atoms. The minimum Gasteiger partial charge on any atom is -0.355 e. The number of benzene rings is 1. The fourth-order valence-corrected chi connectivity index (χ4v) is 2.66. The predicted octanol–water partition coefficient (Wildman–Crippen LogP) is 0.111. The van der Waals surface area contributed by atoms with Crippen LogP contribution in [-0.4, -0.2) is 51.7 Å². The average Bonchev–Trinajstić information content (AvgIpc) is 2.43. The molecule has 0 aliphatic rings. The van der Waals surface area contributed by atoms with Crippen LogP contribution >= 0.6 is 0 Å². The number of hydrogen-bond acceptors (Lipinski definition) is 4. The van der Waals surface area contributed by atoms with Crippen LogP contribution in [0.15, 0.2) is 23.1 Å². The SMILES string of the molecule is CC(=O)NCCNC(=O)c1cc(S(=O)(=O)N(C)C)ccc1C. The monoisotopic (exact) mass is 327 g/mol. The van der Waals surface area contributed by atoms with Gasteiger partial charge in [-0.3, -0.25) is 9.59 Å². The standard InChI is InChI=1S/C14H21N3O4S/c1-10-5-6-12(22(20,21)17(3)4)9-13(10)14(19)16-8-7-15-11(2)18/h5-6,9H,7-8H2,1-4H3,(H,15,18)(H,16,19). The number of carbonyl (C=O) groups excluding carboxylic acids is 2. The summed E-state index contributed by atoms with van der Waals surface area (Å²) in [6.45, 7) is 3.70. The number of aryl methyl sites for hydroxylation is 1. The number of nitrogens with one attached hydrogen (secondary N) is 2. The molecule has 0 radical (unpaired) electrons. The highest BCUT2D eigenvalue weighted by Gasteiger charge is 2.20. The molecular formula is C14H21N3O4S. The molecule has 0 aromatic heterocycles. The van der Waals surface area contributed by atoms with Gasteiger partial charge in [0.1, 0.15) is 0 Å². The fourth-order valence-electron chi connectivity index (χ4n) is 1.73. The van der Waals surface area contributed by atoms with Crippen molar-refractivity contribution in [3.8, 4) is 0 Å². The van der Waals surface area contributed by atoms with Gasteiger partial charge in [-0.2, -0.15) is 0 Å². The Morgan fingerprint density at radius 1 is 1.14 bits per heavy atom. The molecule has 7 nitrogen and oxygen atoms in total. The second-order valence-electron chi connectivity index (χ2n) is 5.00. The van der Waals surface area contributed by atoms with Gasteiger partial charge in [0.15, 0.2) is 0 Å². The molecule has 0 fully saturated rings. The maximum absolute atomic E-state index is 12.1.